The second-order valence-corrected chi connectivity index (χ2v) is 7.96. The maximum absolute atomic E-state index is 13.3. The zero-order valence-electron chi connectivity index (χ0n) is 18.8. The molecule has 0 bridgehead atoms. The molecule has 0 aliphatic carbocycles. The van der Waals surface area contributed by atoms with Crippen LogP contribution in [0.2, 0.25) is 0 Å². The summed E-state index contributed by atoms with van der Waals surface area (Å²) in [7, 11) is 1.64. The van der Waals surface area contributed by atoms with Crippen LogP contribution >= 0.6 is 0 Å². The van der Waals surface area contributed by atoms with Gasteiger partial charge in [-0.1, -0.05) is 29.8 Å². The van der Waals surface area contributed by atoms with Crippen molar-refractivity contribution in [2.45, 2.75) is 33.2 Å². The highest BCUT2D eigenvalue weighted by Crippen LogP contribution is 2.23. The van der Waals surface area contributed by atoms with Crippen LogP contribution in [-0.4, -0.2) is 23.3 Å². The summed E-state index contributed by atoms with van der Waals surface area (Å²) in [6, 6.07) is 21.3. The third-order valence-corrected chi connectivity index (χ3v) is 5.57. The van der Waals surface area contributed by atoms with Gasteiger partial charge in [0.2, 0.25) is 0 Å². The van der Waals surface area contributed by atoms with Crippen molar-refractivity contribution < 1.29 is 9.47 Å². The molecule has 4 aromatic rings. The summed E-state index contributed by atoms with van der Waals surface area (Å²) in [6.45, 7) is 5.32. The van der Waals surface area contributed by atoms with E-state index in [0.29, 0.717) is 29.9 Å². The molecule has 3 aromatic carbocycles. The van der Waals surface area contributed by atoms with Crippen molar-refractivity contribution in [1.29, 1.82) is 0 Å². The van der Waals surface area contributed by atoms with Crippen LogP contribution in [0.1, 0.15) is 24.0 Å². The van der Waals surface area contributed by atoms with Crippen molar-refractivity contribution in [3.05, 3.63) is 88.2 Å². The summed E-state index contributed by atoms with van der Waals surface area (Å²) < 4.78 is 13.0. The predicted octanol–water partition coefficient (Wildman–Crippen LogP) is 5.55. The van der Waals surface area contributed by atoms with Gasteiger partial charge in [0, 0.05) is 12.1 Å². The lowest BCUT2D eigenvalue weighted by Gasteiger charge is -2.14. The summed E-state index contributed by atoms with van der Waals surface area (Å²) in [5.74, 6) is 2.36. The number of hydrogen-bond donors (Lipinski definition) is 0. The molecule has 0 saturated heterocycles. The van der Waals surface area contributed by atoms with E-state index in [2.05, 4.69) is 26.0 Å². The average molecular weight is 429 g/mol. The molecule has 1 aromatic heterocycles. The van der Waals surface area contributed by atoms with Gasteiger partial charge in [0.1, 0.15) is 17.3 Å². The topological polar surface area (TPSA) is 53.3 Å². The third kappa shape index (κ3) is 4.67. The standard InChI is InChI=1S/C27H28N2O3/c1-19-10-15-25(20(2)18-19)32-17-7-6-16-29-26(21-11-13-22(31-3)14-12-21)28-24-9-5-4-8-23(24)27(29)30/h4-5,8-15,18H,6-7,16-17H2,1-3H3. The van der Waals surface area contributed by atoms with Gasteiger partial charge in [-0.2, -0.15) is 0 Å². The van der Waals surface area contributed by atoms with Gasteiger partial charge >= 0.3 is 0 Å². The van der Waals surface area contributed by atoms with Crippen LogP contribution < -0.4 is 15.0 Å². The number of aromatic nitrogens is 2. The molecule has 164 valence electrons. The summed E-state index contributed by atoms with van der Waals surface area (Å²) >= 11 is 0. The van der Waals surface area contributed by atoms with Crippen molar-refractivity contribution in [3.8, 4) is 22.9 Å². The fraction of sp³-hybridized carbons (Fsp3) is 0.259. The molecule has 0 atom stereocenters. The van der Waals surface area contributed by atoms with E-state index < -0.39 is 0 Å². The van der Waals surface area contributed by atoms with Gasteiger partial charge in [-0.25, -0.2) is 4.98 Å². The number of aryl methyl sites for hydroxylation is 2. The van der Waals surface area contributed by atoms with E-state index >= 15 is 0 Å². The average Bonchev–Trinajstić information content (AvgIpc) is 2.81. The Morgan fingerprint density at radius 3 is 2.47 bits per heavy atom. The third-order valence-electron chi connectivity index (χ3n) is 5.57. The molecule has 0 amide bonds. The number of methoxy groups -OCH3 is 1. The minimum absolute atomic E-state index is 0.0169. The normalized spacial score (nSPS) is 11.0. The molecule has 0 radical (unpaired) electrons. The number of nitrogens with zero attached hydrogens (tertiary/aromatic N) is 2. The Labute approximate surface area is 188 Å². The molecule has 0 aliphatic rings. The minimum atomic E-state index is -0.0169. The number of rotatable bonds is 8. The maximum Gasteiger partial charge on any atom is 0.261 e. The van der Waals surface area contributed by atoms with Crippen LogP contribution in [0.3, 0.4) is 0 Å². The molecule has 5 nitrogen and oxygen atoms in total. The fourth-order valence-electron chi connectivity index (χ4n) is 3.85. The molecule has 1 heterocycles. The Hall–Kier alpha value is -3.60. The molecule has 4 rings (SSSR count). The molecule has 0 aliphatic heterocycles. The number of unbranched alkanes of at least 4 members (excludes halogenated alkanes) is 1. The Kier molecular flexibility index (Phi) is 6.55. The molecular formula is C27H28N2O3. The van der Waals surface area contributed by atoms with Crippen LogP contribution in [0.4, 0.5) is 0 Å². The first kappa shape index (κ1) is 21.6. The summed E-state index contributed by atoms with van der Waals surface area (Å²) in [5.41, 5.74) is 3.94. The second kappa shape index (κ2) is 9.69. The van der Waals surface area contributed by atoms with Crippen LogP contribution in [-0.2, 0) is 6.54 Å². The van der Waals surface area contributed by atoms with Crippen LogP contribution in [0.15, 0.2) is 71.5 Å². The van der Waals surface area contributed by atoms with Crippen molar-refractivity contribution in [1.82, 2.24) is 9.55 Å². The highest BCUT2D eigenvalue weighted by Gasteiger charge is 2.13. The second-order valence-electron chi connectivity index (χ2n) is 7.96. The molecule has 0 fully saturated rings. The predicted molar refractivity (Wildman–Crippen MR) is 129 cm³/mol. The van der Waals surface area contributed by atoms with E-state index in [9.17, 15) is 4.79 Å². The lowest BCUT2D eigenvalue weighted by molar-refractivity contribution is 0.301. The SMILES string of the molecule is COc1ccc(-c2nc3ccccc3c(=O)n2CCCCOc2ccc(C)cc2C)cc1. The fourth-order valence-corrected chi connectivity index (χ4v) is 3.85. The van der Waals surface area contributed by atoms with Gasteiger partial charge in [-0.3, -0.25) is 9.36 Å². The molecule has 0 spiro atoms. The number of benzene rings is 3. The molecule has 0 saturated carbocycles. The van der Waals surface area contributed by atoms with Crippen molar-refractivity contribution in [3.63, 3.8) is 0 Å². The van der Waals surface area contributed by atoms with E-state index in [1.54, 1.807) is 11.7 Å². The van der Waals surface area contributed by atoms with Gasteiger partial charge in [0.05, 0.1) is 24.6 Å². The Bertz CT molecular complexity index is 1280. The van der Waals surface area contributed by atoms with E-state index in [1.165, 1.54) is 5.56 Å². The van der Waals surface area contributed by atoms with Crippen molar-refractivity contribution in [2.24, 2.45) is 0 Å². The van der Waals surface area contributed by atoms with Crippen molar-refractivity contribution in [2.75, 3.05) is 13.7 Å². The molecule has 32 heavy (non-hydrogen) atoms. The van der Waals surface area contributed by atoms with Crippen LogP contribution in [0, 0.1) is 13.8 Å². The number of ether oxygens (including phenoxy) is 2. The first-order valence-electron chi connectivity index (χ1n) is 10.9. The zero-order chi connectivity index (χ0) is 22.5. The lowest BCUT2D eigenvalue weighted by Crippen LogP contribution is -2.24. The van der Waals surface area contributed by atoms with Gasteiger partial charge < -0.3 is 9.47 Å². The van der Waals surface area contributed by atoms with Crippen molar-refractivity contribution >= 4 is 10.9 Å². The molecule has 0 N–H and O–H groups in total. The van der Waals surface area contributed by atoms with Gasteiger partial charge in [-0.05, 0) is 74.7 Å². The quantitative estimate of drug-likeness (QED) is 0.345. The van der Waals surface area contributed by atoms with E-state index in [-0.39, 0.29) is 5.56 Å². The van der Waals surface area contributed by atoms with Crippen LogP contribution in [0.25, 0.3) is 22.3 Å². The monoisotopic (exact) mass is 428 g/mol. The van der Waals surface area contributed by atoms with E-state index in [1.807, 2.05) is 54.6 Å². The smallest absolute Gasteiger partial charge is 0.261 e. The summed E-state index contributed by atoms with van der Waals surface area (Å²) in [6.07, 6.45) is 1.66. The number of hydrogen-bond acceptors (Lipinski definition) is 4. The van der Waals surface area contributed by atoms with Gasteiger partial charge in [0.25, 0.3) is 5.56 Å². The highest BCUT2D eigenvalue weighted by molar-refractivity contribution is 5.79. The number of fused-ring (bicyclic) bond motifs is 1. The lowest BCUT2D eigenvalue weighted by atomic mass is 10.1. The Morgan fingerprint density at radius 2 is 1.72 bits per heavy atom. The van der Waals surface area contributed by atoms with E-state index in [0.717, 1.165) is 35.5 Å². The maximum atomic E-state index is 13.3. The molecule has 0 unspecified atom stereocenters. The van der Waals surface area contributed by atoms with Crippen LogP contribution in [0.5, 0.6) is 11.5 Å². The Morgan fingerprint density at radius 1 is 0.938 bits per heavy atom. The first-order valence-corrected chi connectivity index (χ1v) is 10.9. The van der Waals surface area contributed by atoms with E-state index in [4.69, 9.17) is 14.5 Å². The van der Waals surface area contributed by atoms with Gasteiger partial charge in [-0.15, -0.1) is 0 Å². The minimum Gasteiger partial charge on any atom is -0.497 e. The summed E-state index contributed by atoms with van der Waals surface area (Å²) in [5, 5.41) is 0.635. The summed E-state index contributed by atoms with van der Waals surface area (Å²) in [4.78, 5) is 18.1. The first-order chi connectivity index (χ1) is 15.6. The van der Waals surface area contributed by atoms with Gasteiger partial charge in [0.15, 0.2) is 0 Å². The molecule has 5 heteroatoms. The highest BCUT2D eigenvalue weighted by atomic mass is 16.5. The Balaban J connectivity index is 1.53. The number of para-hydroxylation sites is 1. The molecular weight excluding hydrogens is 400 g/mol. The largest absolute Gasteiger partial charge is 0.497 e. The zero-order valence-corrected chi connectivity index (χ0v) is 18.8.